The number of nitrogens with zero attached hydrogens (tertiary/aromatic N) is 1. The van der Waals surface area contributed by atoms with Gasteiger partial charge in [-0.25, -0.2) is 4.98 Å². The zero-order valence-corrected chi connectivity index (χ0v) is 18.1. The van der Waals surface area contributed by atoms with Crippen LogP contribution in [0.15, 0.2) is 60.0 Å². The molecule has 0 atom stereocenters. The highest BCUT2D eigenvalue weighted by atomic mass is 32.1. The van der Waals surface area contributed by atoms with Crippen molar-refractivity contribution in [3.8, 4) is 11.3 Å². The van der Waals surface area contributed by atoms with E-state index in [-0.39, 0.29) is 11.8 Å². The second-order valence-electron chi connectivity index (χ2n) is 7.29. The molecule has 3 rings (SSSR count). The van der Waals surface area contributed by atoms with E-state index in [9.17, 15) is 9.59 Å². The third-order valence-corrected chi connectivity index (χ3v) is 5.31. The molecule has 0 bridgehead atoms. The van der Waals surface area contributed by atoms with Crippen molar-refractivity contribution in [2.75, 3.05) is 5.32 Å². The van der Waals surface area contributed by atoms with E-state index < -0.39 is 0 Å². The number of nitrogens with one attached hydrogen (secondary N) is 2. The second-order valence-corrected chi connectivity index (χ2v) is 8.15. The molecule has 2 aromatic carbocycles. The number of hydrogen-bond acceptors (Lipinski definition) is 4. The van der Waals surface area contributed by atoms with E-state index in [4.69, 9.17) is 0 Å². The largest absolute Gasteiger partial charge is 0.352 e. The SMILES string of the molecule is CC(=O)NCc1ccc(-c2csc(NC(=O)/C=C/c3ccc(C(C)C)cc3)n2)cc1. The van der Waals surface area contributed by atoms with E-state index >= 15 is 0 Å². The zero-order chi connectivity index (χ0) is 21.5. The highest BCUT2D eigenvalue weighted by molar-refractivity contribution is 7.14. The van der Waals surface area contributed by atoms with Gasteiger partial charge in [0.15, 0.2) is 5.13 Å². The number of carbonyl (C=O) groups excluding carboxylic acids is 2. The molecule has 0 spiro atoms. The Labute approximate surface area is 180 Å². The molecule has 2 amide bonds. The Morgan fingerprint density at radius 3 is 2.40 bits per heavy atom. The summed E-state index contributed by atoms with van der Waals surface area (Å²) in [6.07, 6.45) is 3.31. The maximum Gasteiger partial charge on any atom is 0.250 e. The number of amides is 2. The van der Waals surface area contributed by atoms with E-state index in [0.717, 1.165) is 22.4 Å². The van der Waals surface area contributed by atoms with Crippen LogP contribution in [0.5, 0.6) is 0 Å². The van der Waals surface area contributed by atoms with E-state index in [1.165, 1.54) is 29.9 Å². The first-order valence-electron chi connectivity index (χ1n) is 9.79. The van der Waals surface area contributed by atoms with Crippen LogP contribution in [0.2, 0.25) is 0 Å². The van der Waals surface area contributed by atoms with Gasteiger partial charge in [0.1, 0.15) is 0 Å². The molecule has 1 aromatic heterocycles. The van der Waals surface area contributed by atoms with Gasteiger partial charge < -0.3 is 5.32 Å². The van der Waals surface area contributed by atoms with Gasteiger partial charge in [-0.2, -0.15) is 0 Å². The standard InChI is InChI=1S/C24H25N3O2S/c1-16(2)20-9-4-18(5-10-20)8-13-23(29)27-24-26-22(15-30-24)21-11-6-19(7-12-21)14-25-17(3)28/h4-13,15-16H,14H2,1-3H3,(H,25,28)(H,26,27,29)/b13-8+. The molecule has 5 nitrogen and oxygen atoms in total. The Morgan fingerprint density at radius 1 is 1.07 bits per heavy atom. The average Bonchev–Trinajstić information content (AvgIpc) is 3.19. The van der Waals surface area contributed by atoms with Gasteiger partial charge in [0.2, 0.25) is 11.8 Å². The summed E-state index contributed by atoms with van der Waals surface area (Å²) >= 11 is 1.38. The van der Waals surface area contributed by atoms with Crippen LogP contribution in [0.25, 0.3) is 17.3 Å². The number of carbonyl (C=O) groups is 2. The predicted molar refractivity (Wildman–Crippen MR) is 123 cm³/mol. The minimum absolute atomic E-state index is 0.0550. The third-order valence-electron chi connectivity index (χ3n) is 4.56. The lowest BCUT2D eigenvalue weighted by molar-refractivity contribution is -0.119. The first kappa shape index (κ1) is 21.5. The maximum atomic E-state index is 12.2. The van der Waals surface area contributed by atoms with Gasteiger partial charge in [-0.1, -0.05) is 62.4 Å². The van der Waals surface area contributed by atoms with Gasteiger partial charge in [0.25, 0.3) is 0 Å². The quantitative estimate of drug-likeness (QED) is 0.516. The van der Waals surface area contributed by atoms with Crippen LogP contribution in [0, 0.1) is 0 Å². The molecule has 0 saturated carbocycles. The molecule has 2 N–H and O–H groups in total. The van der Waals surface area contributed by atoms with Gasteiger partial charge in [-0.05, 0) is 28.7 Å². The molecule has 0 aliphatic heterocycles. The fourth-order valence-electron chi connectivity index (χ4n) is 2.79. The van der Waals surface area contributed by atoms with Crippen LogP contribution in [-0.4, -0.2) is 16.8 Å². The first-order valence-corrected chi connectivity index (χ1v) is 10.7. The van der Waals surface area contributed by atoms with Crippen molar-refractivity contribution in [1.82, 2.24) is 10.3 Å². The molecule has 0 aliphatic carbocycles. The molecular formula is C24H25N3O2S. The van der Waals surface area contributed by atoms with Crippen LogP contribution in [0.3, 0.4) is 0 Å². The van der Waals surface area contributed by atoms with Gasteiger partial charge >= 0.3 is 0 Å². The van der Waals surface area contributed by atoms with Gasteiger partial charge in [0, 0.05) is 30.5 Å². The van der Waals surface area contributed by atoms with Gasteiger partial charge in [0.05, 0.1) is 5.69 Å². The minimum Gasteiger partial charge on any atom is -0.352 e. The molecule has 154 valence electrons. The lowest BCUT2D eigenvalue weighted by atomic mass is 10.0. The molecule has 0 aliphatic rings. The second kappa shape index (κ2) is 9.98. The van der Waals surface area contributed by atoms with Crippen LogP contribution in [0.1, 0.15) is 43.4 Å². The van der Waals surface area contributed by atoms with Crippen molar-refractivity contribution >= 4 is 34.4 Å². The van der Waals surface area contributed by atoms with Crippen LogP contribution < -0.4 is 10.6 Å². The molecule has 0 radical (unpaired) electrons. The fraction of sp³-hybridized carbons (Fsp3) is 0.208. The number of rotatable bonds is 7. The summed E-state index contributed by atoms with van der Waals surface area (Å²) in [6.45, 7) is 6.30. The zero-order valence-electron chi connectivity index (χ0n) is 17.3. The van der Waals surface area contributed by atoms with Crippen molar-refractivity contribution in [3.63, 3.8) is 0 Å². The summed E-state index contributed by atoms with van der Waals surface area (Å²) in [6, 6.07) is 16.0. The third kappa shape index (κ3) is 6.12. The van der Waals surface area contributed by atoms with Crippen LogP contribution in [0.4, 0.5) is 5.13 Å². The summed E-state index contributed by atoms with van der Waals surface area (Å²) in [4.78, 5) is 27.7. The first-order chi connectivity index (χ1) is 14.4. The lowest BCUT2D eigenvalue weighted by Crippen LogP contribution is -2.18. The Bertz CT molecular complexity index is 1040. The molecule has 0 unspecified atom stereocenters. The van der Waals surface area contributed by atoms with Crippen molar-refractivity contribution in [2.45, 2.75) is 33.2 Å². The van der Waals surface area contributed by atoms with E-state index in [1.807, 2.05) is 41.8 Å². The smallest absolute Gasteiger partial charge is 0.250 e. The van der Waals surface area contributed by atoms with Crippen LogP contribution >= 0.6 is 11.3 Å². The highest BCUT2D eigenvalue weighted by Crippen LogP contribution is 2.25. The number of anilines is 1. The monoisotopic (exact) mass is 419 g/mol. The summed E-state index contributed by atoms with van der Waals surface area (Å²) < 4.78 is 0. The van der Waals surface area contributed by atoms with Crippen molar-refractivity contribution < 1.29 is 9.59 Å². The summed E-state index contributed by atoms with van der Waals surface area (Å²) in [7, 11) is 0. The Morgan fingerprint density at radius 2 is 1.77 bits per heavy atom. The molecule has 3 aromatic rings. The molecule has 0 fully saturated rings. The summed E-state index contributed by atoms with van der Waals surface area (Å²) in [5, 5.41) is 8.04. The maximum absolute atomic E-state index is 12.2. The van der Waals surface area contributed by atoms with Gasteiger partial charge in [-0.3, -0.25) is 14.9 Å². The summed E-state index contributed by atoms with van der Waals surface area (Å²) in [5.74, 6) is 0.217. The van der Waals surface area contributed by atoms with Gasteiger partial charge in [-0.15, -0.1) is 11.3 Å². The molecule has 0 saturated heterocycles. The normalized spacial score (nSPS) is 11.1. The Kier molecular flexibility index (Phi) is 7.14. The van der Waals surface area contributed by atoms with Crippen molar-refractivity contribution in [3.05, 3.63) is 76.7 Å². The van der Waals surface area contributed by atoms with E-state index in [1.54, 1.807) is 6.08 Å². The van der Waals surface area contributed by atoms with Crippen molar-refractivity contribution in [1.29, 1.82) is 0 Å². The highest BCUT2D eigenvalue weighted by Gasteiger charge is 2.07. The number of aromatic nitrogens is 1. The minimum atomic E-state index is -0.213. The molecule has 6 heteroatoms. The number of hydrogen-bond donors (Lipinski definition) is 2. The summed E-state index contributed by atoms with van der Waals surface area (Å²) in [5.41, 5.74) is 5.03. The molecule has 30 heavy (non-hydrogen) atoms. The Balaban J connectivity index is 1.58. The van der Waals surface area contributed by atoms with Crippen LogP contribution in [-0.2, 0) is 16.1 Å². The average molecular weight is 420 g/mol. The lowest BCUT2D eigenvalue weighted by Gasteiger charge is -2.04. The molecular weight excluding hydrogens is 394 g/mol. The topological polar surface area (TPSA) is 71.1 Å². The van der Waals surface area contributed by atoms with Crippen molar-refractivity contribution in [2.24, 2.45) is 0 Å². The predicted octanol–water partition coefficient (Wildman–Crippen LogP) is 5.22. The van der Waals surface area contributed by atoms with E-state index in [2.05, 4.69) is 41.6 Å². The number of thiazole rings is 1. The fourth-order valence-corrected chi connectivity index (χ4v) is 3.52. The molecule has 1 heterocycles. The Hall–Kier alpha value is -3.25. The number of benzene rings is 2. The van der Waals surface area contributed by atoms with E-state index in [0.29, 0.717) is 17.6 Å².